The lowest BCUT2D eigenvalue weighted by atomic mass is 10.1. The molecule has 0 aliphatic carbocycles. The van der Waals surface area contributed by atoms with Crippen molar-refractivity contribution in [3.8, 4) is 0 Å². The second kappa shape index (κ2) is 4.55. The summed E-state index contributed by atoms with van der Waals surface area (Å²) in [5, 5.41) is 7.79. The molecular weight excluding hydrogens is 273 g/mol. The normalized spacial score (nSPS) is 19.8. The Bertz CT molecular complexity index is 470. The number of hydrogen-bond donors (Lipinski definition) is 1. The van der Waals surface area contributed by atoms with Crippen LogP contribution in [0.15, 0.2) is 28.7 Å². The van der Waals surface area contributed by atoms with E-state index in [1.54, 1.807) is 18.2 Å². The summed E-state index contributed by atoms with van der Waals surface area (Å²) in [6.07, 6.45) is -3.01. The van der Waals surface area contributed by atoms with E-state index in [1.807, 2.05) is 0 Å². The van der Waals surface area contributed by atoms with Crippen LogP contribution in [0.5, 0.6) is 0 Å². The van der Waals surface area contributed by atoms with Gasteiger partial charge < -0.3 is 5.11 Å². The zero-order valence-corrected chi connectivity index (χ0v) is 10.0. The molecule has 1 aromatic rings. The van der Waals surface area contributed by atoms with Crippen molar-refractivity contribution in [3.05, 3.63) is 34.4 Å². The van der Waals surface area contributed by atoms with Crippen LogP contribution in [0, 0.1) is 0 Å². The molecule has 0 aromatic heterocycles. The Morgan fingerprint density at radius 3 is 2.65 bits per heavy atom. The third-order valence-electron chi connectivity index (χ3n) is 2.37. The molecule has 1 unspecified atom stereocenters. The van der Waals surface area contributed by atoms with Crippen molar-refractivity contribution in [1.29, 1.82) is 0 Å². The SMILES string of the molecule is OCC1=Cc2cc(Cl)ccc2SC1C(F)(F)F. The zero-order valence-electron chi connectivity index (χ0n) is 8.46. The number of fused-ring (bicyclic) bond motifs is 1. The molecule has 0 bridgehead atoms. The van der Waals surface area contributed by atoms with Gasteiger partial charge in [0, 0.05) is 9.92 Å². The monoisotopic (exact) mass is 280 g/mol. The summed E-state index contributed by atoms with van der Waals surface area (Å²) in [5.74, 6) is 0. The summed E-state index contributed by atoms with van der Waals surface area (Å²) in [5.41, 5.74) is 0.573. The van der Waals surface area contributed by atoms with E-state index in [0.717, 1.165) is 0 Å². The minimum Gasteiger partial charge on any atom is -0.392 e. The molecule has 0 saturated carbocycles. The van der Waals surface area contributed by atoms with Gasteiger partial charge in [0.25, 0.3) is 0 Å². The van der Waals surface area contributed by atoms with Crippen LogP contribution < -0.4 is 0 Å². The number of benzene rings is 1. The van der Waals surface area contributed by atoms with E-state index in [9.17, 15) is 13.2 Å². The number of aliphatic hydroxyl groups excluding tert-OH is 1. The highest BCUT2D eigenvalue weighted by Gasteiger charge is 2.44. The average Bonchev–Trinajstić information content (AvgIpc) is 2.25. The Kier molecular flexibility index (Phi) is 3.43. The fourth-order valence-corrected chi connectivity index (χ4v) is 2.89. The Labute approximate surface area is 105 Å². The lowest BCUT2D eigenvalue weighted by Crippen LogP contribution is -2.30. The van der Waals surface area contributed by atoms with Gasteiger partial charge >= 0.3 is 6.18 Å². The van der Waals surface area contributed by atoms with Crippen molar-refractivity contribution in [2.45, 2.75) is 16.3 Å². The van der Waals surface area contributed by atoms with E-state index in [-0.39, 0.29) is 5.57 Å². The molecule has 1 aromatic carbocycles. The van der Waals surface area contributed by atoms with Crippen molar-refractivity contribution in [3.63, 3.8) is 0 Å². The quantitative estimate of drug-likeness (QED) is 0.845. The molecule has 6 heteroatoms. The Hall–Kier alpha value is -0.650. The average molecular weight is 281 g/mol. The fraction of sp³-hybridized carbons (Fsp3) is 0.273. The first-order valence-electron chi connectivity index (χ1n) is 4.76. The summed E-state index contributed by atoms with van der Waals surface area (Å²) < 4.78 is 38.3. The minimum absolute atomic E-state index is 0.0442. The Balaban J connectivity index is 2.45. The molecular formula is C11H8ClF3OS. The van der Waals surface area contributed by atoms with Gasteiger partial charge in [-0.05, 0) is 29.3 Å². The summed E-state index contributed by atoms with van der Waals surface area (Å²) >= 11 is 6.46. The van der Waals surface area contributed by atoms with Crippen molar-refractivity contribution >= 4 is 29.4 Å². The number of aliphatic hydroxyl groups is 1. The molecule has 17 heavy (non-hydrogen) atoms. The molecule has 0 saturated heterocycles. The minimum atomic E-state index is -4.36. The second-order valence-electron chi connectivity index (χ2n) is 3.60. The molecule has 1 atom stereocenters. The van der Waals surface area contributed by atoms with E-state index in [2.05, 4.69) is 0 Å². The maximum absolute atomic E-state index is 12.8. The maximum atomic E-state index is 12.8. The number of alkyl halides is 3. The van der Waals surface area contributed by atoms with Crippen molar-refractivity contribution < 1.29 is 18.3 Å². The van der Waals surface area contributed by atoms with Crippen LogP contribution in [0.4, 0.5) is 13.2 Å². The van der Waals surface area contributed by atoms with Crippen LogP contribution in [0.25, 0.3) is 6.08 Å². The molecule has 92 valence electrons. The van der Waals surface area contributed by atoms with Gasteiger partial charge in [-0.15, -0.1) is 11.8 Å². The second-order valence-corrected chi connectivity index (χ2v) is 5.18. The summed E-state index contributed by atoms with van der Waals surface area (Å²) in [4.78, 5) is 0.522. The maximum Gasteiger partial charge on any atom is 0.404 e. The van der Waals surface area contributed by atoms with Crippen LogP contribution in [-0.4, -0.2) is 23.1 Å². The molecule has 1 heterocycles. The fourth-order valence-electron chi connectivity index (χ4n) is 1.62. The van der Waals surface area contributed by atoms with Crippen LogP contribution in [0.1, 0.15) is 5.56 Å². The molecule has 0 radical (unpaired) electrons. The predicted octanol–water partition coefficient (Wildman–Crippen LogP) is 3.75. The first-order chi connectivity index (χ1) is 7.91. The van der Waals surface area contributed by atoms with Gasteiger partial charge in [-0.1, -0.05) is 17.7 Å². The smallest absolute Gasteiger partial charge is 0.392 e. The third-order valence-corrected chi connectivity index (χ3v) is 4.04. The Morgan fingerprint density at radius 2 is 2.06 bits per heavy atom. The lowest BCUT2D eigenvalue weighted by Gasteiger charge is -2.26. The highest BCUT2D eigenvalue weighted by molar-refractivity contribution is 8.00. The molecule has 0 spiro atoms. The number of halogens is 4. The highest BCUT2D eigenvalue weighted by Crippen LogP contribution is 2.45. The number of rotatable bonds is 1. The standard InChI is InChI=1S/C11H8ClF3OS/c12-8-1-2-9-6(4-8)3-7(5-16)10(17-9)11(13,14)15/h1-4,10,16H,5H2. The van der Waals surface area contributed by atoms with Gasteiger partial charge in [-0.3, -0.25) is 0 Å². The van der Waals surface area contributed by atoms with Crippen LogP contribution in [0.2, 0.25) is 5.02 Å². The molecule has 0 fully saturated rings. The van der Waals surface area contributed by atoms with Gasteiger partial charge in [0.2, 0.25) is 0 Å². The van der Waals surface area contributed by atoms with Gasteiger partial charge in [0.15, 0.2) is 0 Å². The summed E-state index contributed by atoms with van der Waals surface area (Å²) in [6, 6.07) is 4.70. The topological polar surface area (TPSA) is 20.2 Å². The number of thioether (sulfide) groups is 1. The van der Waals surface area contributed by atoms with E-state index < -0.39 is 18.0 Å². The van der Waals surface area contributed by atoms with Gasteiger partial charge in [-0.25, -0.2) is 0 Å². The summed E-state index contributed by atoms with van der Waals surface area (Å²) in [6.45, 7) is -0.608. The number of hydrogen-bond acceptors (Lipinski definition) is 2. The predicted molar refractivity (Wildman–Crippen MR) is 62.2 cm³/mol. The first kappa shape index (κ1) is 12.8. The van der Waals surface area contributed by atoms with Crippen LogP contribution in [0.3, 0.4) is 0 Å². The van der Waals surface area contributed by atoms with Crippen molar-refractivity contribution in [1.82, 2.24) is 0 Å². The van der Waals surface area contributed by atoms with Gasteiger partial charge in [0.05, 0.1) is 6.61 Å². The zero-order chi connectivity index (χ0) is 12.6. The first-order valence-corrected chi connectivity index (χ1v) is 6.02. The molecule has 0 amide bonds. The molecule has 1 nitrogen and oxygen atoms in total. The molecule has 1 aliphatic heterocycles. The van der Waals surface area contributed by atoms with Crippen molar-refractivity contribution in [2.24, 2.45) is 0 Å². The molecule has 2 rings (SSSR count). The van der Waals surface area contributed by atoms with E-state index in [1.165, 1.54) is 6.08 Å². The third kappa shape index (κ3) is 2.61. The van der Waals surface area contributed by atoms with Gasteiger partial charge in [-0.2, -0.15) is 13.2 Å². The molecule has 1 aliphatic rings. The van der Waals surface area contributed by atoms with Crippen LogP contribution >= 0.6 is 23.4 Å². The Morgan fingerprint density at radius 1 is 1.35 bits per heavy atom. The van der Waals surface area contributed by atoms with E-state index >= 15 is 0 Å². The van der Waals surface area contributed by atoms with Gasteiger partial charge in [0.1, 0.15) is 5.25 Å². The summed E-state index contributed by atoms with van der Waals surface area (Å²) in [7, 11) is 0. The van der Waals surface area contributed by atoms with Crippen molar-refractivity contribution in [2.75, 3.05) is 6.61 Å². The lowest BCUT2D eigenvalue weighted by molar-refractivity contribution is -0.122. The highest BCUT2D eigenvalue weighted by atomic mass is 35.5. The molecule has 1 N–H and O–H groups in total. The largest absolute Gasteiger partial charge is 0.404 e. The van der Waals surface area contributed by atoms with Crippen LogP contribution in [-0.2, 0) is 0 Å². The van der Waals surface area contributed by atoms with E-state index in [0.29, 0.717) is 27.2 Å². The van der Waals surface area contributed by atoms with E-state index in [4.69, 9.17) is 16.7 Å².